The molecule has 0 aliphatic carbocycles. The molecule has 1 aromatic rings. The van der Waals surface area contributed by atoms with Gasteiger partial charge in [0.1, 0.15) is 0 Å². The van der Waals surface area contributed by atoms with E-state index in [1.54, 1.807) is 0 Å². The van der Waals surface area contributed by atoms with Gasteiger partial charge in [0.2, 0.25) is 0 Å². The Hall–Kier alpha value is -1.08. The highest BCUT2D eigenvalue weighted by atomic mass is 16.5. The fraction of sp³-hybridized carbons (Fsp3) is 0.333. The average Bonchev–Trinajstić information content (AvgIpc) is 2.20. The first kappa shape index (κ1) is 8.52. The van der Waals surface area contributed by atoms with Crippen LogP contribution < -0.4 is 0 Å². The van der Waals surface area contributed by atoms with Gasteiger partial charge < -0.3 is 4.74 Å². The molecule has 0 aromatic heterocycles. The maximum Gasteiger partial charge on any atom is 0.0832 e. The first-order valence-electron chi connectivity index (χ1n) is 4.69. The molecule has 2 rings (SSSR count). The van der Waals surface area contributed by atoms with Crippen LogP contribution in [0.25, 0.3) is 0 Å². The third-order valence-corrected chi connectivity index (χ3v) is 2.42. The molecule has 1 fully saturated rings. The van der Waals surface area contributed by atoms with Crippen LogP contribution in [0.2, 0.25) is 0 Å². The molecule has 0 bridgehead atoms. The lowest BCUT2D eigenvalue weighted by molar-refractivity contribution is 0.0420. The summed E-state index contributed by atoms with van der Waals surface area (Å²) >= 11 is 0. The molecule has 13 heavy (non-hydrogen) atoms. The van der Waals surface area contributed by atoms with Crippen molar-refractivity contribution in [2.24, 2.45) is 0 Å². The minimum atomic E-state index is 0.284. The molecule has 1 unspecified atom stereocenters. The topological polar surface area (TPSA) is 9.23 Å². The highest BCUT2D eigenvalue weighted by Gasteiger charge is 2.16. The van der Waals surface area contributed by atoms with Gasteiger partial charge in [0.15, 0.2) is 0 Å². The van der Waals surface area contributed by atoms with Gasteiger partial charge >= 0.3 is 0 Å². The molecule has 1 heteroatoms. The van der Waals surface area contributed by atoms with Crippen molar-refractivity contribution in [2.75, 3.05) is 6.61 Å². The smallest absolute Gasteiger partial charge is 0.0832 e. The molecule has 0 amide bonds. The number of hydrogen-bond donors (Lipinski definition) is 0. The Morgan fingerprint density at radius 2 is 2.00 bits per heavy atom. The van der Waals surface area contributed by atoms with Gasteiger partial charge in [-0.3, -0.25) is 0 Å². The maximum atomic E-state index is 5.68. The van der Waals surface area contributed by atoms with E-state index in [1.807, 2.05) is 6.07 Å². The van der Waals surface area contributed by atoms with Crippen LogP contribution in [0.3, 0.4) is 0 Å². The molecule has 0 spiro atoms. The van der Waals surface area contributed by atoms with Crippen molar-refractivity contribution in [2.45, 2.75) is 18.9 Å². The Balaban J connectivity index is 2.07. The maximum absolute atomic E-state index is 5.68. The van der Waals surface area contributed by atoms with Crippen molar-refractivity contribution in [3.8, 4) is 0 Å². The quantitative estimate of drug-likeness (QED) is 0.594. The number of rotatable bonds is 1. The van der Waals surface area contributed by atoms with Crippen LogP contribution >= 0.6 is 0 Å². The minimum Gasteiger partial charge on any atom is -0.369 e. The number of benzene rings is 1. The second-order valence-corrected chi connectivity index (χ2v) is 3.50. The van der Waals surface area contributed by atoms with Crippen LogP contribution in [0.1, 0.15) is 24.5 Å². The fourth-order valence-electron chi connectivity index (χ4n) is 1.64. The van der Waals surface area contributed by atoms with E-state index in [0.29, 0.717) is 0 Å². The third-order valence-electron chi connectivity index (χ3n) is 2.42. The average molecular weight is 174 g/mol. The molecule has 1 aromatic carbocycles. The summed E-state index contributed by atoms with van der Waals surface area (Å²) in [7, 11) is 0. The standard InChI is InChI=1S/C12H14O/c1-10-7-8-12(13-9-10)11-5-3-2-4-6-11/h2-6,12H,1,7-9H2. The summed E-state index contributed by atoms with van der Waals surface area (Å²) in [6.45, 7) is 4.64. The second kappa shape index (κ2) is 3.75. The van der Waals surface area contributed by atoms with Gasteiger partial charge in [0.25, 0.3) is 0 Å². The summed E-state index contributed by atoms with van der Waals surface area (Å²) in [5.41, 5.74) is 2.50. The van der Waals surface area contributed by atoms with E-state index >= 15 is 0 Å². The molecule has 1 heterocycles. The van der Waals surface area contributed by atoms with Crippen molar-refractivity contribution >= 4 is 0 Å². The van der Waals surface area contributed by atoms with Crippen LogP contribution in [0.4, 0.5) is 0 Å². The van der Waals surface area contributed by atoms with E-state index in [4.69, 9.17) is 4.74 Å². The van der Waals surface area contributed by atoms with Gasteiger partial charge in [0.05, 0.1) is 12.7 Å². The Labute approximate surface area is 79.0 Å². The van der Waals surface area contributed by atoms with Crippen molar-refractivity contribution < 1.29 is 4.74 Å². The molecule has 1 nitrogen and oxygen atoms in total. The highest BCUT2D eigenvalue weighted by Crippen LogP contribution is 2.28. The van der Waals surface area contributed by atoms with Gasteiger partial charge in [0, 0.05) is 0 Å². The summed E-state index contributed by atoms with van der Waals surface area (Å²) in [6, 6.07) is 10.4. The minimum absolute atomic E-state index is 0.284. The number of hydrogen-bond acceptors (Lipinski definition) is 1. The monoisotopic (exact) mass is 174 g/mol. The summed E-state index contributed by atoms with van der Waals surface area (Å²) in [4.78, 5) is 0. The molecule has 1 saturated heterocycles. The lowest BCUT2D eigenvalue weighted by Crippen LogP contribution is -2.13. The molecular weight excluding hydrogens is 160 g/mol. The van der Waals surface area contributed by atoms with Crippen LogP contribution in [-0.2, 0) is 4.74 Å². The highest BCUT2D eigenvalue weighted by molar-refractivity contribution is 5.19. The third kappa shape index (κ3) is 1.99. The Bertz CT molecular complexity index is 279. The molecule has 1 aliphatic rings. The second-order valence-electron chi connectivity index (χ2n) is 3.50. The van der Waals surface area contributed by atoms with Crippen LogP contribution in [0, 0.1) is 0 Å². The molecule has 1 aliphatic heterocycles. The Morgan fingerprint density at radius 3 is 2.62 bits per heavy atom. The van der Waals surface area contributed by atoms with E-state index in [0.717, 1.165) is 19.4 Å². The first-order chi connectivity index (χ1) is 6.36. The summed E-state index contributed by atoms with van der Waals surface area (Å²) in [6.07, 6.45) is 2.45. The van der Waals surface area contributed by atoms with Crippen molar-refractivity contribution in [3.05, 3.63) is 48.0 Å². The lowest BCUT2D eigenvalue weighted by Gasteiger charge is -2.24. The lowest BCUT2D eigenvalue weighted by atomic mass is 10.00. The first-order valence-corrected chi connectivity index (χ1v) is 4.69. The predicted molar refractivity (Wildman–Crippen MR) is 53.5 cm³/mol. The van der Waals surface area contributed by atoms with Gasteiger partial charge in [-0.15, -0.1) is 0 Å². The molecular formula is C12H14O. The van der Waals surface area contributed by atoms with Gasteiger partial charge in [-0.2, -0.15) is 0 Å². The van der Waals surface area contributed by atoms with Crippen LogP contribution in [-0.4, -0.2) is 6.61 Å². The van der Waals surface area contributed by atoms with E-state index in [2.05, 4.69) is 30.8 Å². The number of ether oxygens (including phenoxy) is 1. The molecule has 1 atom stereocenters. The molecule has 0 saturated carbocycles. The molecule has 68 valence electrons. The zero-order valence-corrected chi connectivity index (χ0v) is 7.70. The zero-order chi connectivity index (χ0) is 9.10. The van der Waals surface area contributed by atoms with Gasteiger partial charge in [-0.05, 0) is 18.4 Å². The van der Waals surface area contributed by atoms with Crippen LogP contribution in [0.15, 0.2) is 42.5 Å². The fourth-order valence-corrected chi connectivity index (χ4v) is 1.64. The summed E-state index contributed by atoms with van der Waals surface area (Å²) < 4.78 is 5.68. The Kier molecular flexibility index (Phi) is 2.46. The van der Waals surface area contributed by atoms with Crippen LogP contribution in [0.5, 0.6) is 0 Å². The SMILES string of the molecule is C=C1CCC(c2ccccc2)OC1. The predicted octanol–water partition coefficient (Wildman–Crippen LogP) is 3.09. The molecule has 0 N–H and O–H groups in total. The van der Waals surface area contributed by atoms with Crippen molar-refractivity contribution in [1.29, 1.82) is 0 Å². The normalized spacial score (nSPS) is 23.1. The van der Waals surface area contributed by atoms with E-state index < -0.39 is 0 Å². The Morgan fingerprint density at radius 1 is 1.23 bits per heavy atom. The van der Waals surface area contributed by atoms with E-state index in [9.17, 15) is 0 Å². The molecule has 0 radical (unpaired) electrons. The largest absolute Gasteiger partial charge is 0.369 e. The summed E-state index contributed by atoms with van der Waals surface area (Å²) in [5.74, 6) is 0. The summed E-state index contributed by atoms with van der Waals surface area (Å²) in [5, 5.41) is 0. The van der Waals surface area contributed by atoms with Gasteiger partial charge in [-0.1, -0.05) is 42.5 Å². The van der Waals surface area contributed by atoms with Gasteiger partial charge in [-0.25, -0.2) is 0 Å². The van der Waals surface area contributed by atoms with Crippen molar-refractivity contribution in [3.63, 3.8) is 0 Å². The zero-order valence-electron chi connectivity index (χ0n) is 7.70. The van der Waals surface area contributed by atoms with Crippen molar-refractivity contribution in [1.82, 2.24) is 0 Å². The van der Waals surface area contributed by atoms with E-state index in [1.165, 1.54) is 11.1 Å². The van der Waals surface area contributed by atoms with E-state index in [-0.39, 0.29) is 6.10 Å².